The lowest BCUT2D eigenvalue weighted by atomic mass is 10.2. The number of hydrogen-bond acceptors (Lipinski definition) is 3. The van der Waals surface area contributed by atoms with Crippen LogP contribution in [0, 0.1) is 0 Å². The van der Waals surface area contributed by atoms with Crippen molar-refractivity contribution in [3.8, 4) is 5.69 Å². The highest BCUT2D eigenvalue weighted by Crippen LogP contribution is 2.37. The predicted octanol–water partition coefficient (Wildman–Crippen LogP) is 4.62. The normalized spacial score (nSPS) is 11.5. The summed E-state index contributed by atoms with van der Waals surface area (Å²) in [5, 5.41) is 3.91. The lowest BCUT2D eigenvalue weighted by molar-refractivity contribution is -0.143. The predicted molar refractivity (Wildman–Crippen MR) is 81.0 cm³/mol. The van der Waals surface area contributed by atoms with Gasteiger partial charge in [-0.05, 0) is 25.3 Å². The van der Waals surface area contributed by atoms with E-state index < -0.39 is 11.9 Å². The van der Waals surface area contributed by atoms with Crippen molar-refractivity contribution in [2.75, 3.05) is 12.9 Å². The monoisotopic (exact) mass is 328 g/mol. The summed E-state index contributed by atoms with van der Waals surface area (Å²) in [5.41, 5.74) is -0.657. The van der Waals surface area contributed by atoms with E-state index >= 15 is 0 Å². The maximum Gasteiger partial charge on any atom is 0.434 e. The van der Waals surface area contributed by atoms with E-state index in [0.717, 1.165) is 10.9 Å². The van der Waals surface area contributed by atoms with Gasteiger partial charge < -0.3 is 4.74 Å². The van der Waals surface area contributed by atoms with Crippen molar-refractivity contribution in [3.05, 3.63) is 48.3 Å². The first-order valence-corrected chi connectivity index (χ1v) is 7.73. The highest BCUT2D eigenvalue weighted by Gasteiger charge is 2.40. The fraction of sp³-hybridized carbons (Fsp3) is 0.267. The Kier molecular flexibility index (Phi) is 4.85. The Morgan fingerprint density at radius 3 is 2.64 bits per heavy atom. The minimum absolute atomic E-state index is 0.0392. The molecule has 0 saturated carbocycles. The van der Waals surface area contributed by atoms with Gasteiger partial charge in [-0.1, -0.05) is 18.7 Å². The number of hydrogen-bond donors (Lipinski definition) is 0. The Balaban J connectivity index is 2.65. The van der Waals surface area contributed by atoms with Gasteiger partial charge in [0.25, 0.3) is 0 Å². The molecule has 0 aliphatic carbocycles. The number of thioether (sulfide) groups is 1. The molecule has 0 atom stereocenters. The summed E-state index contributed by atoms with van der Waals surface area (Å²) in [6.45, 7) is 5.48. The second-order valence-corrected chi connectivity index (χ2v) is 5.19. The van der Waals surface area contributed by atoms with E-state index in [4.69, 9.17) is 4.74 Å². The molecule has 0 saturated heterocycles. The van der Waals surface area contributed by atoms with E-state index in [-0.39, 0.29) is 17.9 Å². The minimum atomic E-state index is -4.57. The van der Waals surface area contributed by atoms with Crippen LogP contribution in [-0.2, 0) is 10.9 Å². The number of nitrogens with zero attached hydrogens (tertiary/aromatic N) is 2. The Labute approximate surface area is 130 Å². The first-order chi connectivity index (χ1) is 10.4. The lowest BCUT2D eigenvalue weighted by Crippen LogP contribution is -2.16. The number of ether oxygens (including phenoxy) is 1. The number of aromatic nitrogens is 2. The van der Waals surface area contributed by atoms with E-state index in [9.17, 15) is 13.2 Å². The zero-order chi connectivity index (χ0) is 16.3. The van der Waals surface area contributed by atoms with Crippen LogP contribution in [0.25, 0.3) is 11.4 Å². The van der Waals surface area contributed by atoms with Crippen molar-refractivity contribution in [3.63, 3.8) is 0 Å². The average Bonchev–Trinajstić information content (AvgIpc) is 2.92. The smallest absolute Gasteiger partial charge is 0.434 e. The summed E-state index contributed by atoms with van der Waals surface area (Å²) in [4.78, 5) is 0.699. The van der Waals surface area contributed by atoms with Gasteiger partial charge in [0.05, 0.1) is 24.1 Å². The van der Waals surface area contributed by atoms with Gasteiger partial charge in [-0.2, -0.15) is 18.3 Å². The summed E-state index contributed by atoms with van der Waals surface area (Å²) in [6.07, 6.45) is -1.63. The molecular weight excluding hydrogens is 313 g/mol. The van der Waals surface area contributed by atoms with Crippen molar-refractivity contribution in [2.24, 2.45) is 0 Å². The molecule has 1 heterocycles. The molecule has 0 radical (unpaired) electrons. The molecule has 0 spiro atoms. The van der Waals surface area contributed by atoms with Crippen molar-refractivity contribution in [1.29, 1.82) is 0 Å². The third-order valence-corrected chi connectivity index (χ3v) is 3.76. The van der Waals surface area contributed by atoms with Crippen molar-refractivity contribution >= 4 is 17.5 Å². The van der Waals surface area contributed by atoms with Gasteiger partial charge >= 0.3 is 6.18 Å². The second kappa shape index (κ2) is 6.48. The Bertz CT molecular complexity index is 680. The first kappa shape index (κ1) is 16.5. The van der Waals surface area contributed by atoms with Crippen molar-refractivity contribution in [2.45, 2.75) is 18.0 Å². The minimum Gasteiger partial charge on any atom is -0.494 e. The number of para-hydroxylation sites is 1. The third-order valence-electron chi connectivity index (χ3n) is 2.97. The Morgan fingerprint density at radius 1 is 1.36 bits per heavy atom. The van der Waals surface area contributed by atoms with Gasteiger partial charge in [0.2, 0.25) is 0 Å². The lowest BCUT2D eigenvalue weighted by Gasteiger charge is -2.15. The topological polar surface area (TPSA) is 27.1 Å². The van der Waals surface area contributed by atoms with Gasteiger partial charge in [-0.3, -0.25) is 0 Å². The van der Waals surface area contributed by atoms with E-state index in [1.807, 2.05) is 0 Å². The number of alkyl halides is 3. The quantitative estimate of drug-likeness (QED) is 0.592. The maximum atomic E-state index is 13.5. The molecule has 0 fully saturated rings. The highest BCUT2D eigenvalue weighted by molar-refractivity contribution is 7.98. The Hall–Kier alpha value is -1.89. The van der Waals surface area contributed by atoms with Crippen LogP contribution in [0.5, 0.6) is 0 Å². The molecule has 0 N–H and O–H groups in total. The second-order valence-electron chi connectivity index (χ2n) is 4.34. The van der Waals surface area contributed by atoms with Crippen LogP contribution in [0.1, 0.15) is 18.2 Å². The molecule has 2 rings (SSSR count). The standard InChI is InChI=1S/C15H15F3N2OS/c1-4-21-10(2)11-9-19-20(14(11)15(16,17)18)12-7-5-6-8-13(12)22-3/h5-9H,2,4H2,1,3H3. The van der Waals surface area contributed by atoms with Crippen LogP contribution in [0.2, 0.25) is 0 Å². The summed E-state index contributed by atoms with van der Waals surface area (Å²) in [5.74, 6) is -0.0392. The highest BCUT2D eigenvalue weighted by atomic mass is 32.2. The SMILES string of the molecule is C=C(OCC)c1cnn(-c2ccccc2SC)c1C(F)(F)F. The van der Waals surface area contributed by atoms with Crippen LogP contribution in [0.4, 0.5) is 13.2 Å². The maximum absolute atomic E-state index is 13.5. The molecule has 1 aromatic carbocycles. The molecule has 2 aromatic rings. The van der Waals surface area contributed by atoms with Gasteiger partial charge in [0.15, 0.2) is 5.69 Å². The molecule has 0 aliphatic heterocycles. The average molecular weight is 328 g/mol. The van der Waals surface area contributed by atoms with Crippen LogP contribution in [-0.4, -0.2) is 22.6 Å². The van der Waals surface area contributed by atoms with Crippen LogP contribution < -0.4 is 0 Å². The van der Waals surface area contributed by atoms with Crippen molar-refractivity contribution in [1.82, 2.24) is 9.78 Å². The molecule has 0 aliphatic rings. The number of rotatable bonds is 5. The molecule has 3 nitrogen and oxygen atoms in total. The summed E-state index contributed by atoms with van der Waals surface area (Å²) in [6, 6.07) is 6.79. The molecular formula is C15H15F3N2OS. The molecule has 1 aromatic heterocycles. The van der Waals surface area contributed by atoms with Gasteiger partial charge in [-0.15, -0.1) is 11.8 Å². The van der Waals surface area contributed by atoms with Gasteiger partial charge in [-0.25, -0.2) is 4.68 Å². The molecule has 22 heavy (non-hydrogen) atoms. The van der Waals surface area contributed by atoms with Crippen LogP contribution >= 0.6 is 11.8 Å². The third kappa shape index (κ3) is 3.14. The number of halogens is 3. The zero-order valence-corrected chi connectivity index (χ0v) is 13.0. The summed E-state index contributed by atoms with van der Waals surface area (Å²) >= 11 is 1.36. The fourth-order valence-electron chi connectivity index (χ4n) is 2.06. The van der Waals surface area contributed by atoms with Gasteiger partial charge in [0.1, 0.15) is 5.76 Å². The summed E-state index contributed by atoms with van der Waals surface area (Å²) < 4.78 is 46.5. The van der Waals surface area contributed by atoms with Gasteiger partial charge in [0, 0.05) is 4.90 Å². The molecule has 0 bridgehead atoms. The first-order valence-electron chi connectivity index (χ1n) is 6.50. The van der Waals surface area contributed by atoms with E-state index in [0.29, 0.717) is 10.6 Å². The van der Waals surface area contributed by atoms with E-state index in [1.165, 1.54) is 11.8 Å². The van der Waals surface area contributed by atoms with Crippen LogP contribution in [0.3, 0.4) is 0 Å². The van der Waals surface area contributed by atoms with Crippen LogP contribution in [0.15, 0.2) is 41.9 Å². The fourth-order valence-corrected chi connectivity index (χ4v) is 2.64. The number of benzene rings is 1. The Morgan fingerprint density at radius 2 is 2.05 bits per heavy atom. The molecule has 0 unspecified atom stereocenters. The summed E-state index contributed by atoms with van der Waals surface area (Å²) in [7, 11) is 0. The molecule has 7 heteroatoms. The van der Waals surface area contributed by atoms with Crippen molar-refractivity contribution < 1.29 is 17.9 Å². The zero-order valence-electron chi connectivity index (χ0n) is 12.1. The molecule has 118 valence electrons. The molecule has 0 amide bonds. The van der Waals surface area contributed by atoms with E-state index in [1.54, 1.807) is 37.4 Å². The van der Waals surface area contributed by atoms with E-state index in [2.05, 4.69) is 11.7 Å². The largest absolute Gasteiger partial charge is 0.494 e.